The van der Waals surface area contributed by atoms with Crippen LogP contribution >= 0.6 is 0 Å². The summed E-state index contributed by atoms with van der Waals surface area (Å²) in [5.41, 5.74) is 2.70. The molecule has 0 saturated carbocycles. The van der Waals surface area contributed by atoms with Crippen LogP contribution in [0.15, 0.2) is 24.3 Å². The van der Waals surface area contributed by atoms with Crippen molar-refractivity contribution in [3.05, 3.63) is 35.4 Å². The molecule has 1 aromatic rings. The predicted molar refractivity (Wildman–Crippen MR) is 76.8 cm³/mol. The van der Waals surface area contributed by atoms with Gasteiger partial charge in [-0.05, 0) is 24.0 Å². The lowest BCUT2D eigenvalue weighted by Gasteiger charge is -2.09. The maximum atomic E-state index is 9.07. The number of benzene rings is 1. The van der Waals surface area contributed by atoms with Crippen LogP contribution in [0.25, 0.3) is 0 Å². The minimum absolute atomic E-state index is 0.270. The minimum Gasteiger partial charge on any atom is -0.392 e. The Labute approximate surface area is 111 Å². The van der Waals surface area contributed by atoms with Gasteiger partial charge in [-0.15, -0.1) is 0 Å². The molecule has 0 aliphatic carbocycles. The maximum Gasteiger partial charge on any atom is 0.0636 e. The number of hydrogen-bond donors (Lipinski definition) is 3. The first-order valence-electron chi connectivity index (χ1n) is 6.78. The molecule has 0 aromatic heterocycles. The Morgan fingerprint density at radius 1 is 1.00 bits per heavy atom. The third kappa shape index (κ3) is 6.15. The van der Waals surface area contributed by atoms with Gasteiger partial charge in [0.05, 0.1) is 6.10 Å². The van der Waals surface area contributed by atoms with Crippen molar-refractivity contribution in [1.82, 2.24) is 10.6 Å². The van der Waals surface area contributed by atoms with Crippen LogP contribution in [-0.4, -0.2) is 30.8 Å². The largest absolute Gasteiger partial charge is 0.392 e. The molecule has 0 aliphatic heterocycles. The molecule has 0 fully saturated rings. The van der Waals surface area contributed by atoms with Gasteiger partial charge in [0, 0.05) is 26.2 Å². The topological polar surface area (TPSA) is 44.3 Å². The molecule has 1 atom stereocenters. The van der Waals surface area contributed by atoms with Gasteiger partial charge in [0.1, 0.15) is 0 Å². The van der Waals surface area contributed by atoms with Crippen molar-refractivity contribution in [2.75, 3.05) is 19.6 Å². The second-order valence-electron chi connectivity index (χ2n) is 5.13. The summed E-state index contributed by atoms with van der Waals surface area (Å²) in [6, 6.07) is 8.78. The van der Waals surface area contributed by atoms with E-state index in [4.69, 9.17) is 5.11 Å². The van der Waals surface area contributed by atoms with E-state index in [-0.39, 0.29) is 6.10 Å². The number of nitrogens with one attached hydrogen (secondary N) is 2. The van der Waals surface area contributed by atoms with Gasteiger partial charge in [-0.3, -0.25) is 0 Å². The van der Waals surface area contributed by atoms with Crippen LogP contribution in [-0.2, 0) is 6.54 Å². The summed E-state index contributed by atoms with van der Waals surface area (Å²) in [6.07, 6.45) is -0.270. The lowest BCUT2D eigenvalue weighted by atomic mass is 10.0. The zero-order chi connectivity index (χ0) is 13.4. The fraction of sp³-hybridized carbons (Fsp3) is 0.600. The van der Waals surface area contributed by atoms with Crippen LogP contribution in [0.3, 0.4) is 0 Å². The molecule has 0 amide bonds. The highest BCUT2D eigenvalue weighted by atomic mass is 16.3. The van der Waals surface area contributed by atoms with Crippen molar-refractivity contribution in [3.63, 3.8) is 0 Å². The van der Waals surface area contributed by atoms with E-state index in [9.17, 15) is 0 Å². The normalized spacial score (nSPS) is 12.9. The van der Waals surface area contributed by atoms with Crippen molar-refractivity contribution in [2.24, 2.45) is 0 Å². The van der Waals surface area contributed by atoms with Gasteiger partial charge in [0.15, 0.2) is 0 Å². The molecule has 1 rings (SSSR count). The van der Waals surface area contributed by atoms with E-state index in [1.807, 2.05) is 0 Å². The minimum atomic E-state index is -0.270. The van der Waals surface area contributed by atoms with E-state index in [0.29, 0.717) is 12.5 Å². The van der Waals surface area contributed by atoms with Gasteiger partial charge >= 0.3 is 0 Å². The van der Waals surface area contributed by atoms with Crippen molar-refractivity contribution >= 4 is 0 Å². The summed E-state index contributed by atoms with van der Waals surface area (Å²) in [5.74, 6) is 0.594. The summed E-state index contributed by atoms with van der Waals surface area (Å²) < 4.78 is 0. The van der Waals surface area contributed by atoms with Crippen LogP contribution in [0.2, 0.25) is 0 Å². The number of aliphatic hydroxyl groups is 1. The fourth-order valence-corrected chi connectivity index (χ4v) is 1.74. The molecule has 0 spiro atoms. The third-order valence-electron chi connectivity index (χ3n) is 2.89. The molecule has 0 saturated heterocycles. The first kappa shape index (κ1) is 15.2. The van der Waals surface area contributed by atoms with Crippen LogP contribution < -0.4 is 10.6 Å². The second-order valence-corrected chi connectivity index (χ2v) is 5.13. The molecule has 18 heavy (non-hydrogen) atoms. The standard InChI is InChI=1S/C15H26N2O/c1-12(2)15-6-4-14(5-7-15)11-17-9-8-16-10-13(3)18/h4-7,12-13,16-18H,8-11H2,1-3H3/t13-/m1/s1. The molecule has 0 radical (unpaired) electrons. The SMILES string of the molecule is CC(C)c1ccc(CNCCNC[C@@H](C)O)cc1. The summed E-state index contributed by atoms with van der Waals surface area (Å²) in [5, 5.41) is 15.6. The van der Waals surface area contributed by atoms with Gasteiger partial charge in [0.2, 0.25) is 0 Å². The van der Waals surface area contributed by atoms with E-state index in [1.165, 1.54) is 11.1 Å². The summed E-state index contributed by atoms with van der Waals surface area (Å²) in [4.78, 5) is 0. The van der Waals surface area contributed by atoms with E-state index < -0.39 is 0 Å². The van der Waals surface area contributed by atoms with Gasteiger partial charge < -0.3 is 15.7 Å². The van der Waals surface area contributed by atoms with Crippen LogP contribution in [0, 0.1) is 0 Å². The van der Waals surface area contributed by atoms with Crippen molar-refractivity contribution in [1.29, 1.82) is 0 Å². The summed E-state index contributed by atoms with van der Waals surface area (Å²) in [6.45, 7) is 9.56. The molecule has 0 heterocycles. The molecule has 102 valence electrons. The molecule has 0 bridgehead atoms. The monoisotopic (exact) mass is 250 g/mol. The number of rotatable bonds is 8. The molecule has 0 unspecified atom stereocenters. The predicted octanol–water partition coefficient (Wildman–Crippen LogP) is 1.87. The first-order chi connectivity index (χ1) is 8.59. The van der Waals surface area contributed by atoms with Gasteiger partial charge in [-0.2, -0.15) is 0 Å². The zero-order valence-corrected chi connectivity index (χ0v) is 11.7. The van der Waals surface area contributed by atoms with E-state index >= 15 is 0 Å². The Bertz CT molecular complexity index is 320. The molecular weight excluding hydrogens is 224 g/mol. The average molecular weight is 250 g/mol. The molecule has 0 aliphatic rings. The highest BCUT2D eigenvalue weighted by Crippen LogP contribution is 2.14. The first-order valence-corrected chi connectivity index (χ1v) is 6.78. The highest BCUT2D eigenvalue weighted by Gasteiger charge is 1.98. The van der Waals surface area contributed by atoms with E-state index in [2.05, 4.69) is 48.7 Å². The van der Waals surface area contributed by atoms with Crippen molar-refractivity contribution in [3.8, 4) is 0 Å². The Morgan fingerprint density at radius 2 is 1.61 bits per heavy atom. The highest BCUT2D eigenvalue weighted by molar-refractivity contribution is 5.24. The number of hydrogen-bond acceptors (Lipinski definition) is 3. The van der Waals surface area contributed by atoms with Crippen LogP contribution in [0.5, 0.6) is 0 Å². The summed E-state index contributed by atoms with van der Waals surface area (Å²) >= 11 is 0. The summed E-state index contributed by atoms with van der Waals surface area (Å²) in [7, 11) is 0. The number of aliphatic hydroxyl groups excluding tert-OH is 1. The van der Waals surface area contributed by atoms with E-state index in [0.717, 1.165) is 19.6 Å². The fourth-order valence-electron chi connectivity index (χ4n) is 1.74. The Kier molecular flexibility index (Phi) is 6.94. The second kappa shape index (κ2) is 8.25. The average Bonchev–Trinajstić information content (AvgIpc) is 2.34. The Balaban J connectivity index is 2.15. The van der Waals surface area contributed by atoms with Crippen molar-refractivity contribution < 1.29 is 5.11 Å². The van der Waals surface area contributed by atoms with Gasteiger partial charge in [-0.25, -0.2) is 0 Å². The Morgan fingerprint density at radius 3 is 2.17 bits per heavy atom. The van der Waals surface area contributed by atoms with E-state index in [1.54, 1.807) is 6.92 Å². The third-order valence-corrected chi connectivity index (χ3v) is 2.89. The van der Waals surface area contributed by atoms with Crippen LogP contribution in [0.4, 0.5) is 0 Å². The lowest BCUT2D eigenvalue weighted by molar-refractivity contribution is 0.191. The molecule has 3 N–H and O–H groups in total. The van der Waals surface area contributed by atoms with Crippen molar-refractivity contribution in [2.45, 2.75) is 39.3 Å². The Hall–Kier alpha value is -0.900. The molecule has 3 nitrogen and oxygen atoms in total. The van der Waals surface area contributed by atoms with Gasteiger partial charge in [-0.1, -0.05) is 38.1 Å². The molecular formula is C15H26N2O. The molecule has 1 aromatic carbocycles. The quantitative estimate of drug-likeness (QED) is 0.617. The zero-order valence-electron chi connectivity index (χ0n) is 11.7. The maximum absolute atomic E-state index is 9.07. The van der Waals surface area contributed by atoms with Gasteiger partial charge in [0.25, 0.3) is 0 Å². The smallest absolute Gasteiger partial charge is 0.0636 e. The van der Waals surface area contributed by atoms with Crippen LogP contribution in [0.1, 0.15) is 37.8 Å². The molecule has 3 heteroatoms. The lowest BCUT2D eigenvalue weighted by Crippen LogP contribution is -2.31.